The fourth-order valence-corrected chi connectivity index (χ4v) is 2.00. The topological polar surface area (TPSA) is 97.4 Å². The fourth-order valence-electron chi connectivity index (χ4n) is 2.00. The Hall–Kier alpha value is -1.89. The van der Waals surface area contributed by atoms with E-state index in [1.165, 1.54) is 18.6 Å². The summed E-state index contributed by atoms with van der Waals surface area (Å²) in [6, 6.07) is 2.94. The highest BCUT2D eigenvalue weighted by Crippen LogP contribution is 2.15. The molecule has 2 N–H and O–H groups in total. The summed E-state index contributed by atoms with van der Waals surface area (Å²) in [5, 5.41) is 16.4. The standard InChI is InChI=1S/C11H15N3O4/c15-11(9-3-4-10(18-9)14(16)17)13-7-5-8-2-1-6-12-8/h3-4,8,12H,1-2,5-7H2,(H,13,15). The molecule has 1 fully saturated rings. The highest BCUT2D eigenvalue weighted by molar-refractivity contribution is 5.91. The molecule has 0 spiro atoms. The second-order valence-corrected chi connectivity index (χ2v) is 4.23. The lowest BCUT2D eigenvalue weighted by Crippen LogP contribution is -2.30. The first-order valence-electron chi connectivity index (χ1n) is 5.92. The van der Waals surface area contributed by atoms with Gasteiger partial charge in [0.05, 0.1) is 6.07 Å². The average molecular weight is 253 g/mol. The SMILES string of the molecule is O=C(NCCC1CCCN1)c1ccc([N+](=O)[O-])o1. The van der Waals surface area contributed by atoms with Crippen molar-refractivity contribution in [3.05, 3.63) is 28.0 Å². The molecule has 0 aliphatic carbocycles. The Morgan fingerprint density at radius 3 is 3.06 bits per heavy atom. The van der Waals surface area contributed by atoms with Crippen LogP contribution >= 0.6 is 0 Å². The van der Waals surface area contributed by atoms with Crippen molar-refractivity contribution in [3.8, 4) is 0 Å². The minimum absolute atomic E-state index is 0.0268. The van der Waals surface area contributed by atoms with Crippen molar-refractivity contribution < 1.29 is 14.1 Å². The minimum atomic E-state index is -0.667. The second-order valence-electron chi connectivity index (χ2n) is 4.23. The van der Waals surface area contributed by atoms with E-state index in [1.54, 1.807) is 0 Å². The van der Waals surface area contributed by atoms with E-state index in [-0.39, 0.29) is 5.76 Å². The van der Waals surface area contributed by atoms with Crippen LogP contribution in [0.5, 0.6) is 0 Å². The molecule has 1 aromatic rings. The number of nitrogens with one attached hydrogen (secondary N) is 2. The second kappa shape index (κ2) is 5.63. The summed E-state index contributed by atoms with van der Waals surface area (Å²) in [4.78, 5) is 21.3. The summed E-state index contributed by atoms with van der Waals surface area (Å²) in [6.07, 6.45) is 3.15. The van der Waals surface area contributed by atoms with Gasteiger partial charge in [0.25, 0.3) is 5.91 Å². The lowest BCUT2D eigenvalue weighted by Gasteiger charge is -2.09. The van der Waals surface area contributed by atoms with E-state index < -0.39 is 16.7 Å². The number of carbonyl (C=O) groups excluding carboxylic acids is 1. The van der Waals surface area contributed by atoms with Gasteiger partial charge in [-0.05, 0) is 31.9 Å². The number of furan rings is 1. The quantitative estimate of drug-likeness (QED) is 0.604. The molecule has 0 aromatic carbocycles. The van der Waals surface area contributed by atoms with Crippen molar-refractivity contribution in [1.29, 1.82) is 0 Å². The third-order valence-electron chi connectivity index (χ3n) is 2.94. The van der Waals surface area contributed by atoms with Gasteiger partial charge in [-0.25, -0.2) is 0 Å². The van der Waals surface area contributed by atoms with E-state index in [0.717, 1.165) is 19.4 Å². The number of nitrogens with zero attached hydrogens (tertiary/aromatic N) is 1. The average Bonchev–Trinajstić information content (AvgIpc) is 2.99. The summed E-state index contributed by atoms with van der Waals surface area (Å²) in [5.41, 5.74) is 0. The lowest BCUT2D eigenvalue weighted by atomic mass is 10.1. The lowest BCUT2D eigenvalue weighted by molar-refractivity contribution is -0.402. The molecule has 18 heavy (non-hydrogen) atoms. The van der Waals surface area contributed by atoms with Crippen LogP contribution in [0.4, 0.5) is 5.88 Å². The maximum absolute atomic E-state index is 11.6. The molecule has 1 aliphatic heterocycles. The first-order valence-corrected chi connectivity index (χ1v) is 5.92. The van der Waals surface area contributed by atoms with Gasteiger partial charge in [-0.2, -0.15) is 0 Å². The Balaban J connectivity index is 1.77. The van der Waals surface area contributed by atoms with E-state index in [1.807, 2.05) is 0 Å². The first-order chi connectivity index (χ1) is 8.66. The van der Waals surface area contributed by atoms with Crippen LogP contribution in [0.15, 0.2) is 16.5 Å². The van der Waals surface area contributed by atoms with Crippen molar-refractivity contribution >= 4 is 11.8 Å². The Bertz CT molecular complexity index is 437. The van der Waals surface area contributed by atoms with Crippen molar-refractivity contribution in [2.45, 2.75) is 25.3 Å². The number of carbonyl (C=O) groups is 1. The number of hydrogen-bond donors (Lipinski definition) is 2. The number of hydrogen-bond acceptors (Lipinski definition) is 5. The number of nitro groups is 1. The Morgan fingerprint density at radius 2 is 2.44 bits per heavy atom. The van der Waals surface area contributed by atoms with Gasteiger partial charge < -0.3 is 15.1 Å². The molecule has 7 nitrogen and oxygen atoms in total. The minimum Gasteiger partial charge on any atom is -0.395 e. The highest BCUT2D eigenvalue weighted by atomic mass is 16.6. The molecule has 0 saturated carbocycles. The summed E-state index contributed by atoms with van der Waals surface area (Å²) >= 11 is 0. The van der Waals surface area contributed by atoms with Crippen LogP contribution in [0.25, 0.3) is 0 Å². The predicted molar refractivity (Wildman–Crippen MR) is 63.3 cm³/mol. The van der Waals surface area contributed by atoms with Crippen LogP contribution in [0, 0.1) is 10.1 Å². The van der Waals surface area contributed by atoms with E-state index in [9.17, 15) is 14.9 Å². The maximum Gasteiger partial charge on any atom is 0.433 e. The largest absolute Gasteiger partial charge is 0.433 e. The number of rotatable bonds is 5. The van der Waals surface area contributed by atoms with E-state index >= 15 is 0 Å². The third-order valence-corrected chi connectivity index (χ3v) is 2.94. The predicted octanol–water partition coefficient (Wildman–Crippen LogP) is 1.06. The molecule has 7 heteroatoms. The number of amides is 1. The molecule has 1 unspecified atom stereocenters. The first kappa shape index (κ1) is 12.6. The van der Waals surface area contributed by atoms with Crippen molar-refractivity contribution in [2.75, 3.05) is 13.1 Å². The van der Waals surface area contributed by atoms with Gasteiger partial charge in [0.2, 0.25) is 0 Å². The van der Waals surface area contributed by atoms with Crippen LogP contribution in [-0.4, -0.2) is 30.0 Å². The molecule has 1 aromatic heterocycles. The monoisotopic (exact) mass is 253 g/mol. The van der Waals surface area contributed by atoms with Crippen LogP contribution in [0.2, 0.25) is 0 Å². The zero-order valence-corrected chi connectivity index (χ0v) is 9.85. The Kier molecular flexibility index (Phi) is 3.93. The van der Waals surface area contributed by atoms with Crippen LogP contribution in [0.1, 0.15) is 29.8 Å². The smallest absolute Gasteiger partial charge is 0.395 e. The van der Waals surface area contributed by atoms with Crippen molar-refractivity contribution in [2.24, 2.45) is 0 Å². The third kappa shape index (κ3) is 3.07. The molecular formula is C11H15N3O4. The summed E-state index contributed by atoms with van der Waals surface area (Å²) in [5.74, 6) is -0.861. The van der Waals surface area contributed by atoms with E-state index in [2.05, 4.69) is 10.6 Å². The molecule has 98 valence electrons. The molecular weight excluding hydrogens is 238 g/mol. The zero-order chi connectivity index (χ0) is 13.0. The van der Waals surface area contributed by atoms with Crippen LogP contribution < -0.4 is 10.6 Å². The molecule has 2 heterocycles. The van der Waals surface area contributed by atoms with Gasteiger partial charge in [0.15, 0.2) is 5.76 Å². The molecule has 0 bridgehead atoms. The highest BCUT2D eigenvalue weighted by Gasteiger charge is 2.18. The summed E-state index contributed by atoms with van der Waals surface area (Å²) < 4.78 is 4.80. The maximum atomic E-state index is 11.6. The van der Waals surface area contributed by atoms with Crippen LogP contribution in [-0.2, 0) is 0 Å². The van der Waals surface area contributed by atoms with Crippen molar-refractivity contribution in [3.63, 3.8) is 0 Å². The molecule has 1 saturated heterocycles. The molecule has 1 aliphatic rings. The molecule has 0 radical (unpaired) electrons. The molecule has 1 amide bonds. The zero-order valence-electron chi connectivity index (χ0n) is 9.85. The van der Waals surface area contributed by atoms with E-state index in [4.69, 9.17) is 4.42 Å². The molecule has 2 rings (SSSR count). The normalized spacial score (nSPS) is 18.8. The molecule has 1 atom stereocenters. The summed E-state index contributed by atoms with van der Waals surface area (Å²) in [6.45, 7) is 1.56. The van der Waals surface area contributed by atoms with Gasteiger partial charge >= 0.3 is 5.88 Å². The summed E-state index contributed by atoms with van der Waals surface area (Å²) in [7, 11) is 0. The van der Waals surface area contributed by atoms with Gasteiger partial charge in [-0.3, -0.25) is 14.9 Å². The van der Waals surface area contributed by atoms with E-state index in [0.29, 0.717) is 12.6 Å². The van der Waals surface area contributed by atoms with Gasteiger partial charge in [-0.1, -0.05) is 0 Å². The van der Waals surface area contributed by atoms with Crippen molar-refractivity contribution in [1.82, 2.24) is 10.6 Å². The van der Waals surface area contributed by atoms with Crippen LogP contribution in [0.3, 0.4) is 0 Å². The fraction of sp³-hybridized carbons (Fsp3) is 0.545. The Labute approximate surface area is 104 Å². The van der Waals surface area contributed by atoms with Gasteiger partial charge in [0.1, 0.15) is 4.92 Å². The Morgan fingerprint density at radius 1 is 1.61 bits per heavy atom. The van der Waals surface area contributed by atoms with Gasteiger partial charge in [-0.15, -0.1) is 0 Å². The van der Waals surface area contributed by atoms with Gasteiger partial charge in [0, 0.05) is 12.6 Å².